The van der Waals surface area contributed by atoms with E-state index in [1.54, 1.807) is 0 Å². The van der Waals surface area contributed by atoms with Crippen molar-refractivity contribution in [1.29, 1.82) is 0 Å². The summed E-state index contributed by atoms with van der Waals surface area (Å²) in [6.45, 7) is 0. The van der Waals surface area contributed by atoms with Gasteiger partial charge in [-0.05, 0) is 17.7 Å². The number of nitrogens with zero attached hydrogens (tertiary/aromatic N) is 2. The maximum Gasteiger partial charge on any atom is 0.185 e. The predicted molar refractivity (Wildman–Crippen MR) is 81.3 cm³/mol. The molecule has 19 heavy (non-hydrogen) atoms. The number of aromatic nitrogens is 1. The van der Waals surface area contributed by atoms with Gasteiger partial charge in [0.05, 0.1) is 10.6 Å². The van der Waals surface area contributed by atoms with Crippen molar-refractivity contribution in [2.75, 3.05) is 0 Å². The number of halogens is 3. The van der Waals surface area contributed by atoms with Crippen LogP contribution in [0.5, 0.6) is 0 Å². The molecule has 1 atom stereocenters. The van der Waals surface area contributed by atoms with E-state index < -0.39 is 0 Å². The molecule has 7 heteroatoms. The Morgan fingerprint density at radius 1 is 1.26 bits per heavy atom. The smallest absolute Gasteiger partial charge is 0.185 e. The first-order valence-corrected chi connectivity index (χ1v) is 7.80. The second-order valence-electron chi connectivity index (χ2n) is 3.96. The summed E-state index contributed by atoms with van der Waals surface area (Å²) in [5.74, 6) is 0. The van der Waals surface area contributed by atoms with Crippen molar-refractivity contribution < 1.29 is 4.84 Å². The van der Waals surface area contributed by atoms with Crippen LogP contribution in [-0.2, 0) is 4.84 Å². The van der Waals surface area contributed by atoms with Crippen molar-refractivity contribution >= 4 is 56.2 Å². The molecule has 0 amide bonds. The van der Waals surface area contributed by atoms with Crippen LogP contribution in [0, 0.1) is 0 Å². The topological polar surface area (TPSA) is 34.5 Å². The minimum atomic E-state index is -0.198. The number of thiazole rings is 1. The average Bonchev–Trinajstić information content (AvgIpc) is 2.97. The number of rotatable bonds is 2. The minimum Gasteiger partial charge on any atom is -0.386 e. The zero-order chi connectivity index (χ0) is 13.4. The van der Waals surface area contributed by atoms with Gasteiger partial charge in [0.1, 0.15) is 5.15 Å². The zero-order valence-electron chi connectivity index (χ0n) is 9.44. The third-order valence-electron chi connectivity index (χ3n) is 2.72. The molecule has 0 fully saturated rings. The molecule has 1 aromatic heterocycles. The van der Waals surface area contributed by atoms with Gasteiger partial charge in [0, 0.05) is 10.9 Å². The van der Waals surface area contributed by atoms with Crippen LogP contribution < -0.4 is 0 Å². The van der Waals surface area contributed by atoms with Crippen LogP contribution in [0.1, 0.15) is 23.0 Å². The van der Waals surface area contributed by atoms with E-state index in [-0.39, 0.29) is 6.10 Å². The molecule has 0 saturated carbocycles. The van der Waals surface area contributed by atoms with Crippen LogP contribution >= 0.6 is 50.5 Å². The summed E-state index contributed by atoms with van der Waals surface area (Å²) in [7, 11) is 0. The molecule has 1 unspecified atom stereocenters. The van der Waals surface area contributed by atoms with Gasteiger partial charge in [-0.2, -0.15) is 0 Å². The first-order chi connectivity index (χ1) is 9.13. The Hall–Kier alpha value is -0.620. The van der Waals surface area contributed by atoms with Crippen molar-refractivity contribution in [3.05, 3.63) is 48.8 Å². The van der Waals surface area contributed by atoms with Gasteiger partial charge in [0.15, 0.2) is 10.6 Å². The highest BCUT2D eigenvalue weighted by Gasteiger charge is 2.28. The second-order valence-corrected chi connectivity index (χ2v) is 6.85. The van der Waals surface area contributed by atoms with Gasteiger partial charge in [-0.25, -0.2) is 4.98 Å². The molecular formula is C12H7BrCl2N2OS. The Kier molecular flexibility index (Phi) is 3.80. The van der Waals surface area contributed by atoms with E-state index in [1.165, 1.54) is 11.3 Å². The molecule has 0 spiro atoms. The molecule has 1 aliphatic rings. The number of hydrogen-bond acceptors (Lipinski definition) is 4. The van der Waals surface area contributed by atoms with Crippen molar-refractivity contribution in [1.82, 2.24) is 4.98 Å². The molecule has 0 saturated heterocycles. The van der Waals surface area contributed by atoms with E-state index in [9.17, 15) is 0 Å². The summed E-state index contributed by atoms with van der Waals surface area (Å²) in [5.41, 5.74) is 1.94. The molecule has 98 valence electrons. The molecule has 2 aromatic rings. The lowest BCUT2D eigenvalue weighted by Gasteiger charge is -2.04. The molecule has 3 nitrogen and oxygen atoms in total. The fourth-order valence-corrected chi connectivity index (χ4v) is 3.54. The highest BCUT2D eigenvalue weighted by molar-refractivity contribution is 9.10. The van der Waals surface area contributed by atoms with Gasteiger partial charge >= 0.3 is 0 Å². The Morgan fingerprint density at radius 2 is 2.00 bits per heavy atom. The summed E-state index contributed by atoms with van der Waals surface area (Å²) < 4.78 is 1.45. The Labute approximate surface area is 132 Å². The monoisotopic (exact) mass is 376 g/mol. The lowest BCUT2D eigenvalue weighted by molar-refractivity contribution is 0.0882. The van der Waals surface area contributed by atoms with Gasteiger partial charge in [-0.15, -0.1) is 11.3 Å². The second kappa shape index (κ2) is 5.40. The Bertz CT molecular complexity index is 642. The van der Waals surface area contributed by atoms with E-state index in [1.807, 2.05) is 24.3 Å². The normalized spacial score (nSPS) is 18.3. The van der Waals surface area contributed by atoms with E-state index in [0.29, 0.717) is 16.0 Å². The number of oxime groups is 1. The van der Waals surface area contributed by atoms with Crippen LogP contribution in [0.25, 0.3) is 0 Å². The maximum atomic E-state index is 6.02. The number of hydrogen-bond donors (Lipinski definition) is 0. The van der Waals surface area contributed by atoms with Gasteiger partial charge in [-0.1, -0.05) is 56.4 Å². The van der Waals surface area contributed by atoms with Gasteiger partial charge in [0.2, 0.25) is 0 Å². The highest BCUT2D eigenvalue weighted by atomic mass is 79.9. The Morgan fingerprint density at radius 3 is 2.63 bits per heavy atom. The van der Waals surface area contributed by atoms with Crippen molar-refractivity contribution in [3.8, 4) is 0 Å². The summed E-state index contributed by atoms with van der Waals surface area (Å²) in [5, 5.41) is 4.52. The van der Waals surface area contributed by atoms with Gasteiger partial charge in [0.25, 0.3) is 0 Å². The number of benzene rings is 1. The molecule has 0 aliphatic carbocycles. The summed E-state index contributed by atoms with van der Waals surface area (Å²) in [6.07, 6.45) is 0.469. The van der Waals surface area contributed by atoms with Gasteiger partial charge in [-0.3, -0.25) is 0 Å². The quantitative estimate of drug-likeness (QED) is 0.731. The van der Waals surface area contributed by atoms with E-state index in [2.05, 4.69) is 26.1 Å². The molecule has 2 heterocycles. The predicted octanol–water partition coefficient (Wildman–Crippen LogP) is 5.08. The molecule has 3 rings (SSSR count). The molecule has 0 N–H and O–H groups in total. The maximum absolute atomic E-state index is 6.02. The SMILES string of the molecule is Clc1nc(Cl)c(C2CC(c3ccc(Br)cc3)=NO2)s1. The van der Waals surface area contributed by atoms with Crippen LogP contribution in [0.3, 0.4) is 0 Å². The summed E-state index contributed by atoms with van der Waals surface area (Å²) in [4.78, 5) is 10.2. The lowest BCUT2D eigenvalue weighted by atomic mass is 10.0. The van der Waals surface area contributed by atoms with E-state index in [4.69, 9.17) is 28.0 Å². The standard InChI is InChI=1S/C12H7BrCl2N2OS/c13-7-3-1-6(2-4-7)8-5-9(18-17-8)10-11(14)16-12(15)19-10/h1-4,9H,5H2. The molecular weight excluding hydrogens is 371 g/mol. The van der Waals surface area contributed by atoms with Crippen molar-refractivity contribution in [3.63, 3.8) is 0 Å². The third-order valence-corrected chi connectivity index (χ3v) is 4.90. The molecule has 1 aromatic carbocycles. The van der Waals surface area contributed by atoms with E-state index in [0.717, 1.165) is 20.6 Å². The van der Waals surface area contributed by atoms with Crippen molar-refractivity contribution in [2.24, 2.45) is 5.16 Å². The molecule has 0 bridgehead atoms. The third kappa shape index (κ3) is 2.79. The van der Waals surface area contributed by atoms with Crippen LogP contribution in [0.4, 0.5) is 0 Å². The highest BCUT2D eigenvalue weighted by Crippen LogP contribution is 2.38. The van der Waals surface area contributed by atoms with E-state index >= 15 is 0 Å². The first-order valence-electron chi connectivity index (χ1n) is 5.44. The first kappa shape index (κ1) is 13.4. The van der Waals surface area contributed by atoms with Crippen LogP contribution in [0.15, 0.2) is 33.9 Å². The Balaban J connectivity index is 1.79. The molecule has 0 radical (unpaired) electrons. The summed E-state index contributed by atoms with van der Waals surface area (Å²) in [6, 6.07) is 7.94. The van der Waals surface area contributed by atoms with Gasteiger partial charge < -0.3 is 4.84 Å². The molecule has 1 aliphatic heterocycles. The van der Waals surface area contributed by atoms with Crippen LogP contribution in [-0.4, -0.2) is 10.7 Å². The minimum absolute atomic E-state index is 0.198. The fourth-order valence-electron chi connectivity index (χ4n) is 1.82. The summed E-state index contributed by atoms with van der Waals surface area (Å²) >= 11 is 16.6. The largest absolute Gasteiger partial charge is 0.386 e. The van der Waals surface area contributed by atoms with Crippen LogP contribution in [0.2, 0.25) is 9.62 Å². The zero-order valence-corrected chi connectivity index (χ0v) is 13.4. The van der Waals surface area contributed by atoms with Crippen molar-refractivity contribution in [2.45, 2.75) is 12.5 Å². The lowest BCUT2D eigenvalue weighted by Crippen LogP contribution is -2.00. The average molecular weight is 378 g/mol. The fraction of sp³-hybridized carbons (Fsp3) is 0.167.